The van der Waals surface area contributed by atoms with E-state index in [-0.39, 0.29) is 0 Å². The molecule has 0 spiro atoms. The normalized spacial score (nSPS) is 13.0. The van der Waals surface area contributed by atoms with Crippen molar-refractivity contribution in [2.45, 2.75) is 32.4 Å². The Morgan fingerprint density at radius 1 is 1.39 bits per heavy atom. The van der Waals surface area contributed by atoms with Crippen molar-refractivity contribution in [3.63, 3.8) is 0 Å². The molecule has 1 atom stereocenters. The molecular weight excluding hydrogens is 228 g/mol. The molecule has 1 aromatic carbocycles. The van der Waals surface area contributed by atoms with Gasteiger partial charge >= 0.3 is 0 Å². The molecule has 0 bridgehead atoms. The van der Waals surface area contributed by atoms with Crippen LogP contribution >= 0.6 is 0 Å². The predicted octanol–water partition coefficient (Wildman–Crippen LogP) is 2.21. The molecule has 0 radical (unpaired) electrons. The van der Waals surface area contributed by atoms with Crippen molar-refractivity contribution in [2.24, 2.45) is 0 Å². The van der Waals surface area contributed by atoms with Crippen LogP contribution in [0.1, 0.15) is 19.8 Å². The number of ether oxygens (including phenoxy) is 1. The fraction of sp³-hybridized carbons (Fsp3) is 0.500. The number of hydrogen-bond donors (Lipinski definition) is 1. The molecule has 2 aromatic rings. The van der Waals surface area contributed by atoms with Crippen LogP contribution in [0.3, 0.4) is 0 Å². The summed E-state index contributed by atoms with van der Waals surface area (Å²) in [5.41, 5.74) is 2.00. The Kier molecular flexibility index (Phi) is 4.73. The third-order valence-corrected chi connectivity index (χ3v) is 2.89. The van der Waals surface area contributed by atoms with Crippen molar-refractivity contribution in [1.82, 2.24) is 9.55 Å². The molecule has 4 nitrogen and oxygen atoms in total. The molecule has 0 aliphatic carbocycles. The lowest BCUT2D eigenvalue weighted by Crippen LogP contribution is -2.21. The molecule has 1 N–H and O–H groups in total. The lowest BCUT2D eigenvalue weighted by Gasteiger charge is -2.12. The predicted molar refractivity (Wildman–Crippen MR) is 71.5 cm³/mol. The number of aliphatic hydroxyl groups excluding tert-OH is 1. The highest BCUT2D eigenvalue weighted by Gasteiger charge is 2.08. The van der Waals surface area contributed by atoms with Crippen LogP contribution in [0.5, 0.6) is 0 Å². The Morgan fingerprint density at radius 3 is 3.06 bits per heavy atom. The number of benzene rings is 1. The van der Waals surface area contributed by atoms with Crippen LogP contribution in [-0.4, -0.2) is 34.0 Å². The first kappa shape index (κ1) is 13.1. The second kappa shape index (κ2) is 6.52. The third-order valence-electron chi connectivity index (χ3n) is 2.89. The van der Waals surface area contributed by atoms with Gasteiger partial charge in [0.2, 0.25) is 0 Å². The van der Waals surface area contributed by atoms with Crippen molar-refractivity contribution in [3.8, 4) is 0 Å². The first-order valence-corrected chi connectivity index (χ1v) is 6.47. The zero-order chi connectivity index (χ0) is 12.8. The summed E-state index contributed by atoms with van der Waals surface area (Å²) >= 11 is 0. The van der Waals surface area contributed by atoms with E-state index in [1.807, 2.05) is 28.8 Å². The van der Waals surface area contributed by atoms with Gasteiger partial charge in [-0.15, -0.1) is 0 Å². The standard InChI is InChI=1S/C14H20N2O2/c1-2-3-8-18-10-12(17)9-16-11-15-13-6-4-5-7-14(13)16/h4-7,11-12,17H,2-3,8-10H2,1H3. The van der Waals surface area contributed by atoms with Crippen molar-refractivity contribution < 1.29 is 9.84 Å². The highest BCUT2D eigenvalue weighted by Crippen LogP contribution is 2.12. The number of aromatic nitrogens is 2. The summed E-state index contributed by atoms with van der Waals surface area (Å²) in [5, 5.41) is 9.91. The second-order valence-corrected chi connectivity index (χ2v) is 4.47. The first-order valence-electron chi connectivity index (χ1n) is 6.47. The molecule has 0 saturated heterocycles. The Balaban J connectivity index is 1.88. The third kappa shape index (κ3) is 3.31. The van der Waals surface area contributed by atoms with E-state index in [1.54, 1.807) is 6.33 Å². The highest BCUT2D eigenvalue weighted by atomic mass is 16.5. The minimum Gasteiger partial charge on any atom is -0.389 e. The number of fused-ring (bicyclic) bond motifs is 1. The van der Waals surface area contributed by atoms with Crippen molar-refractivity contribution >= 4 is 11.0 Å². The summed E-state index contributed by atoms with van der Waals surface area (Å²) in [4.78, 5) is 4.29. The Bertz CT molecular complexity index is 481. The summed E-state index contributed by atoms with van der Waals surface area (Å²) in [6.45, 7) is 3.74. The number of rotatable bonds is 7. The number of hydrogen-bond acceptors (Lipinski definition) is 3. The number of nitrogens with zero attached hydrogens (tertiary/aromatic N) is 2. The summed E-state index contributed by atoms with van der Waals surface area (Å²) in [6.07, 6.45) is 3.43. The smallest absolute Gasteiger partial charge is 0.0959 e. The molecule has 1 aromatic heterocycles. The van der Waals surface area contributed by atoms with Gasteiger partial charge in [0.1, 0.15) is 0 Å². The van der Waals surface area contributed by atoms with E-state index in [4.69, 9.17) is 4.74 Å². The van der Waals surface area contributed by atoms with Gasteiger partial charge in [0.05, 0.1) is 36.6 Å². The van der Waals surface area contributed by atoms with Crippen LogP contribution in [-0.2, 0) is 11.3 Å². The molecule has 0 fully saturated rings. The maximum atomic E-state index is 9.91. The van der Waals surface area contributed by atoms with E-state index >= 15 is 0 Å². The van der Waals surface area contributed by atoms with Gasteiger partial charge in [0.15, 0.2) is 0 Å². The molecule has 1 unspecified atom stereocenters. The van der Waals surface area contributed by atoms with Gasteiger partial charge in [-0.3, -0.25) is 0 Å². The number of aliphatic hydroxyl groups is 1. The fourth-order valence-corrected chi connectivity index (χ4v) is 1.90. The van der Waals surface area contributed by atoms with Crippen molar-refractivity contribution in [3.05, 3.63) is 30.6 Å². The number of imidazole rings is 1. The van der Waals surface area contributed by atoms with E-state index in [9.17, 15) is 5.11 Å². The van der Waals surface area contributed by atoms with Gasteiger partial charge in [0.25, 0.3) is 0 Å². The Hall–Kier alpha value is -1.39. The van der Waals surface area contributed by atoms with Crippen LogP contribution in [0.25, 0.3) is 11.0 Å². The first-order chi connectivity index (χ1) is 8.81. The lowest BCUT2D eigenvalue weighted by atomic mass is 10.3. The minimum atomic E-state index is -0.487. The zero-order valence-electron chi connectivity index (χ0n) is 10.7. The van der Waals surface area contributed by atoms with Crippen LogP contribution in [0.15, 0.2) is 30.6 Å². The van der Waals surface area contributed by atoms with Crippen LogP contribution in [0.2, 0.25) is 0 Å². The fourth-order valence-electron chi connectivity index (χ4n) is 1.90. The molecule has 0 aliphatic rings. The molecule has 1 heterocycles. The van der Waals surface area contributed by atoms with E-state index in [0.717, 1.165) is 30.5 Å². The van der Waals surface area contributed by atoms with E-state index in [2.05, 4.69) is 11.9 Å². The van der Waals surface area contributed by atoms with Gasteiger partial charge in [-0.1, -0.05) is 25.5 Å². The molecule has 18 heavy (non-hydrogen) atoms. The molecule has 0 aliphatic heterocycles. The molecule has 98 valence electrons. The molecule has 0 amide bonds. The zero-order valence-corrected chi connectivity index (χ0v) is 10.7. The lowest BCUT2D eigenvalue weighted by molar-refractivity contribution is 0.0276. The van der Waals surface area contributed by atoms with E-state index in [0.29, 0.717) is 13.2 Å². The second-order valence-electron chi connectivity index (χ2n) is 4.47. The summed E-state index contributed by atoms with van der Waals surface area (Å²) < 4.78 is 7.37. The van der Waals surface area contributed by atoms with Gasteiger partial charge in [-0.25, -0.2) is 4.98 Å². The quantitative estimate of drug-likeness (QED) is 0.764. The number of unbranched alkanes of at least 4 members (excludes halogenated alkanes) is 1. The molecule has 2 rings (SSSR count). The van der Waals surface area contributed by atoms with Gasteiger partial charge in [0, 0.05) is 6.61 Å². The maximum Gasteiger partial charge on any atom is 0.0959 e. The average Bonchev–Trinajstić information content (AvgIpc) is 2.78. The molecule has 0 saturated carbocycles. The monoisotopic (exact) mass is 248 g/mol. The van der Waals surface area contributed by atoms with E-state index < -0.39 is 6.10 Å². The van der Waals surface area contributed by atoms with Crippen LogP contribution in [0, 0.1) is 0 Å². The van der Waals surface area contributed by atoms with Crippen molar-refractivity contribution in [1.29, 1.82) is 0 Å². The molecular formula is C14H20N2O2. The maximum absolute atomic E-state index is 9.91. The van der Waals surface area contributed by atoms with Gasteiger partial charge < -0.3 is 14.4 Å². The summed E-state index contributed by atoms with van der Waals surface area (Å²) in [5.74, 6) is 0. The van der Waals surface area contributed by atoms with Crippen molar-refractivity contribution in [2.75, 3.05) is 13.2 Å². The Morgan fingerprint density at radius 2 is 2.22 bits per heavy atom. The number of para-hydroxylation sites is 2. The van der Waals surface area contributed by atoms with Crippen LogP contribution in [0.4, 0.5) is 0 Å². The van der Waals surface area contributed by atoms with Crippen LogP contribution < -0.4 is 0 Å². The molecule has 4 heteroatoms. The largest absolute Gasteiger partial charge is 0.389 e. The minimum absolute atomic E-state index is 0.381. The Labute approximate surface area is 107 Å². The van der Waals surface area contributed by atoms with E-state index in [1.165, 1.54) is 0 Å². The topological polar surface area (TPSA) is 47.3 Å². The average molecular weight is 248 g/mol. The summed E-state index contributed by atoms with van der Waals surface area (Å²) in [7, 11) is 0. The SMILES string of the molecule is CCCCOCC(O)Cn1cnc2ccccc21. The van der Waals surface area contributed by atoms with Gasteiger partial charge in [-0.05, 0) is 18.6 Å². The highest BCUT2D eigenvalue weighted by molar-refractivity contribution is 5.74. The van der Waals surface area contributed by atoms with Gasteiger partial charge in [-0.2, -0.15) is 0 Å². The summed E-state index contributed by atoms with van der Waals surface area (Å²) in [6, 6.07) is 7.91.